The first-order valence-corrected chi connectivity index (χ1v) is 11.2. The van der Waals surface area contributed by atoms with Gasteiger partial charge in [-0.3, -0.25) is 4.79 Å². The molecule has 0 radical (unpaired) electrons. The van der Waals surface area contributed by atoms with Gasteiger partial charge >= 0.3 is 0 Å². The largest absolute Gasteiger partial charge is 0.324 e. The highest BCUT2D eigenvalue weighted by Crippen LogP contribution is 2.31. The molecule has 1 aliphatic rings. The SMILES string of the molecule is O=C(Nc1cc(Cl)ccc1Cl)C1CCCN(S(=O)(=O)c2ccc(Cl)s2)C1. The first-order chi connectivity index (χ1) is 12.3. The molecule has 1 aromatic heterocycles. The van der Waals surface area contributed by atoms with E-state index >= 15 is 0 Å². The van der Waals surface area contributed by atoms with E-state index in [1.807, 2.05) is 0 Å². The van der Waals surface area contributed by atoms with Crippen molar-refractivity contribution < 1.29 is 13.2 Å². The van der Waals surface area contributed by atoms with Crippen LogP contribution >= 0.6 is 46.1 Å². The molecule has 1 aromatic carbocycles. The standard InChI is InChI=1S/C16H15Cl3N2O3S2/c17-11-3-4-12(18)13(8-11)20-16(22)10-2-1-7-21(9-10)26(23,24)15-6-5-14(19)25-15/h3-6,8,10H,1-2,7,9H2,(H,20,22). The summed E-state index contributed by atoms with van der Waals surface area (Å²) in [6, 6.07) is 7.82. The molecule has 3 rings (SSSR count). The van der Waals surface area contributed by atoms with Gasteiger partial charge in [0.2, 0.25) is 5.91 Å². The Morgan fingerprint density at radius 1 is 1.19 bits per heavy atom. The zero-order chi connectivity index (χ0) is 18.9. The number of amides is 1. The van der Waals surface area contributed by atoms with E-state index in [-0.39, 0.29) is 16.7 Å². The van der Waals surface area contributed by atoms with Crippen molar-refractivity contribution in [3.05, 3.63) is 44.7 Å². The summed E-state index contributed by atoms with van der Waals surface area (Å²) in [4.78, 5) is 12.6. The molecule has 1 fully saturated rings. The van der Waals surface area contributed by atoms with Crippen molar-refractivity contribution in [2.24, 2.45) is 5.92 Å². The highest BCUT2D eigenvalue weighted by Gasteiger charge is 2.34. The van der Waals surface area contributed by atoms with Crippen LogP contribution in [0.4, 0.5) is 5.69 Å². The zero-order valence-corrected chi connectivity index (χ0v) is 17.3. The normalized spacial score (nSPS) is 18.7. The van der Waals surface area contributed by atoms with E-state index in [4.69, 9.17) is 34.8 Å². The minimum atomic E-state index is -3.66. The maximum absolute atomic E-state index is 12.7. The second-order valence-electron chi connectivity index (χ2n) is 5.87. The highest BCUT2D eigenvalue weighted by atomic mass is 35.5. The number of piperidine rings is 1. The first-order valence-electron chi connectivity index (χ1n) is 7.79. The van der Waals surface area contributed by atoms with Crippen molar-refractivity contribution in [3.63, 3.8) is 0 Å². The summed E-state index contributed by atoms with van der Waals surface area (Å²) in [7, 11) is -3.66. The number of carbonyl (C=O) groups excluding carboxylic acids is 1. The lowest BCUT2D eigenvalue weighted by atomic mass is 9.99. The Bertz CT molecular complexity index is 931. The molecule has 26 heavy (non-hydrogen) atoms. The van der Waals surface area contributed by atoms with Gasteiger partial charge in [-0.15, -0.1) is 11.3 Å². The number of hydrogen-bond donors (Lipinski definition) is 1. The molecule has 1 aliphatic heterocycles. The van der Waals surface area contributed by atoms with E-state index in [2.05, 4.69) is 5.32 Å². The van der Waals surface area contributed by atoms with E-state index < -0.39 is 15.9 Å². The van der Waals surface area contributed by atoms with Gasteiger partial charge in [0.25, 0.3) is 10.0 Å². The third-order valence-electron chi connectivity index (χ3n) is 4.08. The Balaban J connectivity index is 1.74. The van der Waals surface area contributed by atoms with E-state index in [0.717, 1.165) is 11.3 Å². The number of sulfonamides is 1. The number of nitrogens with zero attached hydrogens (tertiary/aromatic N) is 1. The average Bonchev–Trinajstić information content (AvgIpc) is 3.05. The number of thiophene rings is 1. The number of benzene rings is 1. The summed E-state index contributed by atoms with van der Waals surface area (Å²) in [5, 5.41) is 3.56. The number of rotatable bonds is 4. The Kier molecular flexibility index (Phi) is 6.16. The van der Waals surface area contributed by atoms with Crippen molar-refractivity contribution in [2.75, 3.05) is 18.4 Å². The molecule has 140 valence electrons. The maximum atomic E-state index is 12.7. The Hall–Kier alpha value is -0.830. The summed E-state index contributed by atoms with van der Waals surface area (Å²) in [5.74, 6) is -0.748. The Morgan fingerprint density at radius 2 is 1.96 bits per heavy atom. The molecule has 1 amide bonds. The van der Waals surface area contributed by atoms with E-state index in [9.17, 15) is 13.2 Å². The Morgan fingerprint density at radius 3 is 2.65 bits per heavy atom. The smallest absolute Gasteiger partial charge is 0.252 e. The molecule has 1 unspecified atom stereocenters. The van der Waals surface area contributed by atoms with Crippen LogP contribution in [0.15, 0.2) is 34.5 Å². The molecule has 0 saturated carbocycles. The second kappa shape index (κ2) is 8.04. The van der Waals surface area contributed by atoms with Gasteiger partial charge in [0, 0.05) is 18.1 Å². The minimum absolute atomic E-state index is 0.113. The second-order valence-corrected chi connectivity index (χ2v) is 10.6. The molecule has 10 heteroatoms. The molecule has 0 aliphatic carbocycles. The van der Waals surface area contributed by atoms with Gasteiger partial charge in [0.1, 0.15) is 4.21 Å². The molecule has 0 spiro atoms. The van der Waals surface area contributed by atoms with Gasteiger partial charge in [0.05, 0.1) is 21.0 Å². The topological polar surface area (TPSA) is 66.5 Å². The monoisotopic (exact) mass is 452 g/mol. The molecule has 1 atom stereocenters. The summed E-state index contributed by atoms with van der Waals surface area (Å²) in [6.07, 6.45) is 1.20. The van der Waals surface area contributed by atoms with Gasteiger partial charge in [-0.1, -0.05) is 34.8 Å². The predicted molar refractivity (Wildman–Crippen MR) is 106 cm³/mol. The molecular formula is C16H15Cl3N2O3S2. The number of hydrogen-bond acceptors (Lipinski definition) is 4. The minimum Gasteiger partial charge on any atom is -0.324 e. The van der Waals surface area contributed by atoms with Crippen molar-refractivity contribution in [3.8, 4) is 0 Å². The average molecular weight is 454 g/mol. The third kappa shape index (κ3) is 4.35. The van der Waals surface area contributed by atoms with Crippen LogP contribution in [-0.2, 0) is 14.8 Å². The number of carbonyl (C=O) groups is 1. The van der Waals surface area contributed by atoms with Crippen LogP contribution in [0.2, 0.25) is 14.4 Å². The van der Waals surface area contributed by atoms with Crippen LogP contribution in [0.25, 0.3) is 0 Å². The van der Waals surface area contributed by atoms with Gasteiger partial charge in [0.15, 0.2) is 0 Å². The van der Waals surface area contributed by atoms with Gasteiger partial charge in [-0.05, 0) is 43.2 Å². The molecule has 5 nitrogen and oxygen atoms in total. The van der Waals surface area contributed by atoms with Crippen LogP contribution in [0.5, 0.6) is 0 Å². The summed E-state index contributed by atoms with van der Waals surface area (Å²) in [5.41, 5.74) is 0.411. The van der Waals surface area contributed by atoms with Crippen molar-refractivity contribution in [1.29, 1.82) is 0 Å². The lowest BCUT2D eigenvalue weighted by Crippen LogP contribution is -2.43. The summed E-state index contributed by atoms with van der Waals surface area (Å²) >= 11 is 18.9. The predicted octanol–water partition coefficient (Wildman–Crippen LogP) is 4.75. The number of nitrogens with one attached hydrogen (secondary N) is 1. The molecule has 1 saturated heterocycles. The molecule has 0 bridgehead atoms. The van der Waals surface area contributed by atoms with Crippen LogP contribution in [-0.4, -0.2) is 31.7 Å². The van der Waals surface area contributed by atoms with Crippen molar-refractivity contribution in [1.82, 2.24) is 4.31 Å². The number of halogens is 3. The van der Waals surface area contributed by atoms with E-state index in [0.29, 0.717) is 39.5 Å². The van der Waals surface area contributed by atoms with Crippen LogP contribution < -0.4 is 5.32 Å². The van der Waals surface area contributed by atoms with Crippen molar-refractivity contribution in [2.45, 2.75) is 17.1 Å². The first kappa shape index (κ1) is 19.9. The summed E-state index contributed by atoms with van der Waals surface area (Å²) < 4.78 is 27.4. The highest BCUT2D eigenvalue weighted by molar-refractivity contribution is 7.91. The fourth-order valence-electron chi connectivity index (χ4n) is 2.77. The fourth-order valence-corrected chi connectivity index (χ4v) is 6.26. The lowest BCUT2D eigenvalue weighted by Gasteiger charge is -2.30. The molecular weight excluding hydrogens is 439 g/mol. The van der Waals surface area contributed by atoms with E-state index in [1.54, 1.807) is 24.3 Å². The van der Waals surface area contributed by atoms with Crippen LogP contribution in [0.3, 0.4) is 0 Å². The molecule has 2 aromatic rings. The van der Waals surface area contributed by atoms with Crippen molar-refractivity contribution >= 4 is 67.8 Å². The zero-order valence-electron chi connectivity index (χ0n) is 13.4. The summed E-state index contributed by atoms with van der Waals surface area (Å²) in [6.45, 7) is 0.488. The fraction of sp³-hybridized carbons (Fsp3) is 0.312. The van der Waals surface area contributed by atoms with Crippen LogP contribution in [0, 0.1) is 5.92 Å². The number of anilines is 1. The molecule has 2 heterocycles. The van der Waals surface area contributed by atoms with Crippen LogP contribution in [0.1, 0.15) is 12.8 Å². The Labute approximate surface area is 170 Å². The van der Waals surface area contributed by atoms with Gasteiger partial charge in [-0.25, -0.2) is 8.42 Å². The third-order valence-corrected chi connectivity index (χ3v) is 8.21. The maximum Gasteiger partial charge on any atom is 0.252 e. The quantitative estimate of drug-likeness (QED) is 0.726. The lowest BCUT2D eigenvalue weighted by molar-refractivity contribution is -0.120. The molecule has 1 N–H and O–H groups in total. The van der Waals surface area contributed by atoms with E-state index in [1.165, 1.54) is 10.4 Å². The van der Waals surface area contributed by atoms with Gasteiger partial charge in [-0.2, -0.15) is 4.31 Å². The van der Waals surface area contributed by atoms with Gasteiger partial charge < -0.3 is 5.32 Å².